The second-order valence-electron chi connectivity index (χ2n) is 3.16. The fourth-order valence-corrected chi connectivity index (χ4v) is 1.90. The van der Waals surface area contributed by atoms with E-state index in [-0.39, 0.29) is 0 Å². The van der Waals surface area contributed by atoms with Gasteiger partial charge >= 0.3 is 0 Å². The Bertz CT molecular complexity index is 431. The van der Waals surface area contributed by atoms with Gasteiger partial charge in [0.2, 0.25) is 0 Å². The van der Waals surface area contributed by atoms with Gasteiger partial charge in [-0.3, -0.25) is 0 Å². The van der Waals surface area contributed by atoms with Crippen LogP contribution in [0, 0.1) is 0 Å². The Kier molecular flexibility index (Phi) is 3.00. The number of hydrogen-bond donors (Lipinski definition) is 1. The molecule has 0 amide bonds. The van der Waals surface area contributed by atoms with Crippen LogP contribution in [0.4, 0.5) is 0 Å². The molecule has 4 heteroatoms. The number of aliphatic hydroxyl groups excluding tert-OH is 1. The molecule has 0 radical (unpaired) electrons. The quantitative estimate of drug-likeness (QED) is 0.872. The Balaban J connectivity index is 2.37. The standard InChI is InChI=1S/C11H8Cl2O2/c12-9-3-8(4-10(13)5-9)11(14)7-1-2-15-6-7/h1-6,11,14H/t11-/m1/s1. The molecule has 0 bridgehead atoms. The molecule has 1 atom stereocenters. The molecule has 0 fully saturated rings. The monoisotopic (exact) mass is 242 g/mol. The van der Waals surface area contributed by atoms with Crippen LogP contribution in [0.15, 0.2) is 41.2 Å². The molecule has 1 aromatic heterocycles. The minimum atomic E-state index is -0.764. The van der Waals surface area contributed by atoms with Crippen LogP contribution in [0.3, 0.4) is 0 Å². The highest BCUT2D eigenvalue weighted by molar-refractivity contribution is 6.34. The lowest BCUT2D eigenvalue weighted by molar-refractivity contribution is 0.219. The number of aliphatic hydroxyl groups is 1. The Labute approximate surface area is 97.0 Å². The minimum absolute atomic E-state index is 0.500. The molecular formula is C11H8Cl2O2. The maximum atomic E-state index is 9.95. The molecule has 1 aromatic carbocycles. The fraction of sp³-hybridized carbons (Fsp3) is 0.0909. The first-order valence-corrected chi connectivity index (χ1v) is 5.08. The van der Waals surface area contributed by atoms with Gasteiger partial charge in [0, 0.05) is 15.6 Å². The van der Waals surface area contributed by atoms with Crippen molar-refractivity contribution in [1.82, 2.24) is 0 Å². The highest BCUT2D eigenvalue weighted by Crippen LogP contribution is 2.27. The van der Waals surface area contributed by atoms with E-state index in [4.69, 9.17) is 27.6 Å². The zero-order valence-electron chi connectivity index (χ0n) is 7.65. The summed E-state index contributed by atoms with van der Waals surface area (Å²) in [6, 6.07) is 6.66. The summed E-state index contributed by atoms with van der Waals surface area (Å²) < 4.78 is 4.89. The van der Waals surface area contributed by atoms with Gasteiger partial charge in [-0.15, -0.1) is 0 Å². The maximum Gasteiger partial charge on any atom is 0.107 e. The molecule has 78 valence electrons. The van der Waals surface area contributed by atoms with E-state index in [1.54, 1.807) is 24.3 Å². The average molecular weight is 243 g/mol. The molecule has 0 unspecified atom stereocenters. The summed E-state index contributed by atoms with van der Waals surface area (Å²) in [5, 5.41) is 11.0. The van der Waals surface area contributed by atoms with E-state index >= 15 is 0 Å². The van der Waals surface area contributed by atoms with Crippen molar-refractivity contribution in [2.45, 2.75) is 6.10 Å². The molecule has 1 heterocycles. The first-order valence-electron chi connectivity index (χ1n) is 4.33. The van der Waals surface area contributed by atoms with Crippen LogP contribution >= 0.6 is 23.2 Å². The lowest BCUT2D eigenvalue weighted by atomic mass is 10.0. The molecule has 1 N–H and O–H groups in total. The molecule has 0 spiro atoms. The van der Waals surface area contributed by atoms with Crippen LogP contribution in [-0.4, -0.2) is 5.11 Å². The fourth-order valence-electron chi connectivity index (χ4n) is 1.36. The van der Waals surface area contributed by atoms with Crippen LogP contribution in [0.2, 0.25) is 10.0 Å². The summed E-state index contributed by atoms with van der Waals surface area (Å²) in [6.07, 6.45) is 2.23. The van der Waals surface area contributed by atoms with Gasteiger partial charge in [0.05, 0.1) is 12.5 Å². The molecule has 2 aromatic rings. The molecular weight excluding hydrogens is 235 g/mol. The number of furan rings is 1. The predicted molar refractivity (Wildman–Crippen MR) is 59.2 cm³/mol. The maximum absolute atomic E-state index is 9.95. The van der Waals surface area contributed by atoms with Gasteiger partial charge in [0.1, 0.15) is 6.10 Å². The van der Waals surface area contributed by atoms with E-state index in [9.17, 15) is 5.11 Å². The van der Waals surface area contributed by atoms with Crippen LogP contribution < -0.4 is 0 Å². The molecule has 15 heavy (non-hydrogen) atoms. The van der Waals surface area contributed by atoms with Gasteiger partial charge in [-0.1, -0.05) is 23.2 Å². The van der Waals surface area contributed by atoms with Crippen molar-refractivity contribution in [2.75, 3.05) is 0 Å². The summed E-state index contributed by atoms with van der Waals surface area (Å²) in [6.45, 7) is 0. The Hall–Kier alpha value is -0.960. The number of rotatable bonds is 2. The first kappa shape index (κ1) is 10.6. The Morgan fingerprint density at radius 3 is 2.27 bits per heavy atom. The summed E-state index contributed by atoms with van der Waals surface area (Å²) in [5.74, 6) is 0. The summed E-state index contributed by atoms with van der Waals surface area (Å²) in [7, 11) is 0. The zero-order valence-corrected chi connectivity index (χ0v) is 9.16. The minimum Gasteiger partial charge on any atom is -0.472 e. The smallest absolute Gasteiger partial charge is 0.107 e. The highest BCUT2D eigenvalue weighted by Gasteiger charge is 2.12. The number of benzene rings is 1. The highest BCUT2D eigenvalue weighted by atomic mass is 35.5. The van der Waals surface area contributed by atoms with E-state index < -0.39 is 6.10 Å². The van der Waals surface area contributed by atoms with Gasteiger partial charge < -0.3 is 9.52 Å². The van der Waals surface area contributed by atoms with Crippen LogP contribution in [0.5, 0.6) is 0 Å². The molecule has 0 aliphatic rings. The summed E-state index contributed by atoms with van der Waals surface area (Å²) >= 11 is 11.7. The second-order valence-corrected chi connectivity index (χ2v) is 4.03. The second kappa shape index (κ2) is 4.27. The van der Waals surface area contributed by atoms with Gasteiger partial charge in [-0.05, 0) is 29.8 Å². The normalized spacial score (nSPS) is 12.7. The third-order valence-corrected chi connectivity index (χ3v) is 2.50. The Morgan fingerprint density at radius 1 is 1.07 bits per heavy atom. The van der Waals surface area contributed by atoms with Crippen LogP contribution in [0.1, 0.15) is 17.2 Å². The predicted octanol–water partition coefficient (Wildman–Crippen LogP) is 3.67. The number of hydrogen-bond acceptors (Lipinski definition) is 2. The van der Waals surface area contributed by atoms with E-state index in [0.717, 1.165) is 0 Å². The molecule has 0 aliphatic carbocycles. The number of halogens is 2. The third-order valence-electron chi connectivity index (χ3n) is 2.06. The van der Waals surface area contributed by atoms with Crippen molar-refractivity contribution in [1.29, 1.82) is 0 Å². The SMILES string of the molecule is O[C@H](c1ccoc1)c1cc(Cl)cc(Cl)c1. The summed E-state index contributed by atoms with van der Waals surface area (Å²) in [4.78, 5) is 0. The van der Waals surface area contributed by atoms with Gasteiger partial charge in [0.25, 0.3) is 0 Å². The van der Waals surface area contributed by atoms with E-state index in [1.807, 2.05) is 0 Å². The van der Waals surface area contributed by atoms with Crippen molar-refractivity contribution in [3.63, 3.8) is 0 Å². The van der Waals surface area contributed by atoms with Gasteiger partial charge in [-0.2, -0.15) is 0 Å². The lowest BCUT2D eigenvalue weighted by Crippen LogP contribution is -1.97. The van der Waals surface area contributed by atoms with E-state index in [2.05, 4.69) is 0 Å². The molecule has 0 saturated heterocycles. The van der Waals surface area contributed by atoms with Crippen molar-refractivity contribution in [3.05, 3.63) is 58.0 Å². The molecule has 0 aliphatic heterocycles. The van der Waals surface area contributed by atoms with Gasteiger partial charge in [-0.25, -0.2) is 0 Å². The zero-order chi connectivity index (χ0) is 10.8. The molecule has 2 rings (SSSR count). The van der Waals surface area contributed by atoms with Crippen molar-refractivity contribution in [3.8, 4) is 0 Å². The summed E-state index contributed by atoms with van der Waals surface area (Å²) in [5.41, 5.74) is 1.32. The van der Waals surface area contributed by atoms with Crippen LogP contribution in [-0.2, 0) is 0 Å². The average Bonchev–Trinajstić information content (AvgIpc) is 2.67. The van der Waals surface area contributed by atoms with Crippen molar-refractivity contribution < 1.29 is 9.52 Å². The largest absolute Gasteiger partial charge is 0.472 e. The van der Waals surface area contributed by atoms with Crippen molar-refractivity contribution >= 4 is 23.2 Å². The van der Waals surface area contributed by atoms with E-state index in [0.29, 0.717) is 21.2 Å². The van der Waals surface area contributed by atoms with Crippen molar-refractivity contribution in [2.24, 2.45) is 0 Å². The third kappa shape index (κ3) is 2.34. The lowest BCUT2D eigenvalue weighted by Gasteiger charge is -2.09. The van der Waals surface area contributed by atoms with Gasteiger partial charge in [0.15, 0.2) is 0 Å². The molecule has 2 nitrogen and oxygen atoms in total. The topological polar surface area (TPSA) is 33.4 Å². The molecule has 0 saturated carbocycles. The van der Waals surface area contributed by atoms with Crippen LogP contribution in [0.25, 0.3) is 0 Å². The first-order chi connectivity index (χ1) is 7.16. The van der Waals surface area contributed by atoms with E-state index in [1.165, 1.54) is 12.5 Å². The Morgan fingerprint density at radius 2 is 1.73 bits per heavy atom.